The first kappa shape index (κ1) is 18.1. The lowest BCUT2D eigenvalue weighted by Gasteiger charge is -2.13. The summed E-state index contributed by atoms with van der Waals surface area (Å²) >= 11 is 0. The van der Waals surface area contributed by atoms with Gasteiger partial charge in [-0.05, 0) is 18.6 Å². The van der Waals surface area contributed by atoms with Crippen LogP contribution in [0.1, 0.15) is 26.2 Å². The molecule has 1 rings (SSSR count). The van der Waals surface area contributed by atoms with Crippen molar-refractivity contribution in [3.8, 4) is 0 Å². The normalized spacial score (nSPS) is 12.6. The Bertz CT molecular complexity index is 603. The van der Waals surface area contributed by atoms with Crippen LogP contribution in [-0.4, -0.2) is 43.0 Å². The van der Waals surface area contributed by atoms with Gasteiger partial charge in [-0.2, -0.15) is 0 Å². The van der Waals surface area contributed by atoms with Crippen molar-refractivity contribution < 1.29 is 23.1 Å². The van der Waals surface area contributed by atoms with Crippen LogP contribution >= 0.6 is 0 Å². The number of carbonyl (C=O) groups excluding carboxylic acids is 1. The van der Waals surface area contributed by atoms with Crippen molar-refractivity contribution in [3.63, 3.8) is 0 Å². The van der Waals surface area contributed by atoms with E-state index in [0.717, 1.165) is 0 Å². The van der Waals surface area contributed by atoms with Crippen molar-refractivity contribution >= 4 is 21.9 Å². The molecule has 1 atom stereocenters. The van der Waals surface area contributed by atoms with Crippen LogP contribution in [0.2, 0.25) is 0 Å². The molecule has 0 saturated carbocycles. The zero-order chi connectivity index (χ0) is 16.6. The Morgan fingerprint density at radius 2 is 2.14 bits per heavy atom. The Balaban J connectivity index is 2.46. The van der Waals surface area contributed by atoms with Crippen molar-refractivity contribution in [2.45, 2.75) is 37.1 Å². The quantitative estimate of drug-likeness (QED) is 0.591. The molecule has 1 heterocycles. The van der Waals surface area contributed by atoms with E-state index in [2.05, 4.69) is 15.0 Å². The van der Waals surface area contributed by atoms with Crippen molar-refractivity contribution in [2.75, 3.05) is 6.54 Å². The van der Waals surface area contributed by atoms with Gasteiger partial charge in [-0.3, -0.25) is 9.78 Å². The summed E-state index contributed by atoms with van der Waals surface area (Å²) in [5.41, 5.74) is 0. The molecule has 22 heavy (non-hydrogen) atoms. The number of aliphatic carboxylic acids is 1. The van der Waals surface area contributed by atoms with Gasteiger partial charge in [0.1, 0.15) is 10.9 Å². The molecular formula is C13H19N3O5S. The number of hydrogen-bond acceptors (Lipinski definition) is 5. The van der Waals surface area contributed by atoms with Gasteiger partial charge < -0.3 is 10.4 Å². The lowest BCUT2D eigenvalue weighted by molar-refractivity contribution is -0.142. The zero-order valence-electron chi connectivity index (χ0n) is 12.2. The van der Waals surface area contributed by atoms with Crippen molar-refractivity contribution in [3.05, 3.63) is 24.5 Å². The monoisotopic (exact) mass is 329 g/mol. The van der Waals surface area contributed by atoms with E-state index in [1.165, 1.54) is 24.5 Å². The summed E-state index contributed by atoms with van der Waals surface area (Å²) in [7, 11) is -3.72. The van der Waals surface area contributed by atoms with E-state index in [1.807, 2.05) is 6.92 Å². The number of carboxylic acid groups (broad SMARTS) is 1. The lowest BCUT2D eigenvalue weighted by Crippen LogP contribution is -2.41. The summed E-state index contributed by atoms with van der Waals surface area (Å²) < 4.78 is 26.0. The van der Waals surface area contributed by atoms with Crippen LogP contribution in [0, 0.1) is 0 Å². The summed E-state index contributed by atoms with van der Waals surface area (Å²) in [6.45, 7) is 1.69. The smallest absolute Gasteiger partial charge is 0.326 e. The van der Waals surface area contributed by atoms with Gasteiger partial charge in [-0.25, -0.2) is 17.9 Å². The van der Waals surface area contributed by atoms with E-state index in [1.54, 1.807) is 0 Å². The van der Waals surface area contributed by atoms with Gasteiger partial charge in [0.05, 0.1) is 0 Å². The maximum Gasteiger partial charge on any atom is 0.326 e. The Kier molecular flexibility index (Phi) is 6.93. The summed E-state index contributed by atoms with van der Waals surface area (Å²) in [6.07, 6.45) is 3.44. The maximum absolute atomic E-state index is 11.9. The molecular weight excluding hydrogens is 310 g/mol. The number of carboxylic acids is 1. The number of pyridine rings is 1. The molecule has 0 aromatic carbocycles. The molecule has 1 aromatic heterocycles. The van der Waals surface area contributed by atoms with Crippen molar-refractivity contribution in [1.29, 1.82) is 0 Å². The zero-order valence-corrected chi connectivity index (χ0v) is 13.0. The van der Waals surface area contributed by atoms with Crippen LogP contribution in [0.25, 0.3) is 0 Å². The number of nitrogens with one attached hydrogen (secondary N) is 2. The minimum atomic E-state index is -3.72. The number of sulfonamides is 1. The highest BCUT2D eigenvalue weighted by atomic mass is 32.2. The van der Waals surface area contributed by atoms with E-state index < -0.39 is 27.9 Å². The van der Waals surface area contributed by atoms with Crippen LogP contribution in [0.15, 0.2) is 29.4 Å². The van der Waals surface area contributed by atoms with Crippen LogP contribution in [0.4, 0.5) is 0 Å². The minimum Gasteiger partial charge on any atom is -0.480 e. The summed E-state index contributed by atoms with van der Waals surface area (Å²) in [5, 5.41) is 11.3. The number of carbonyl (C=O) groups is 2. The molecule has 1 amide bonds. The molecule has 0 radical (unpaired) electrons. The molecule has 0 aliphatic carbocycles. The summed E-state index contributed by atoms with van der Waals surface area (Å²) in [4.78, 5) is 26.3. The first-order chi connectivity index (χ1) is 10.4. The predicted molar refractivity (Wildman–Crippen MR) is 78.5 cm³/mol. The van der Waals surface area contributed by atoms with Gasteiger partial charge in [0.2, 0.25) is 15.9 Å². The molecule has 1 aromatic rings. The van der Waals surface area contributed by atoms with Gasteiger partial charge in [-0.1, -0.05) is 13.3 Å². The van der Waals surface area contributed by atoms with Crippen LogP contribution in [-0.2, 0) is 19.6 Å². The standard InChI is InChI=1S/C13H19N3O5S/c1-2-4-11(13(18)19)16-12(17)6-8-15-22(20,21)10-5-3-7-14-9-10/h3,5,7,9,11,15H,2,4,6,8H2,1H3,(H,16,17)(H,18,19). The fraction of sp³-hybridized carbons (Fsp3) is 0.462. The number of hydrogen-bond donors (Lipinski definition) is 3. The Morgan fingerprint density at radius 3 is 2.68 bits per heavy atom. The molecule has 0 saturated heterocycles. The third-order valence-electron chi connectivity index (χ3n) is 2.80. The number of rotatable bonds is 9. The average Bonchev–Trinajstić information content (AvgIpc) is 2.47. The maximum atomic E-state index is 11.9. The number of amides is 1. The Hall–Kier alpha value is -2.00. The van der Waals surface area contributed by atoms with Crippen LogP contribution < -0.4 is 10.0 Å². The SMILES string of the molecule is CCCC(NC(=O)CCNS(=O)(=O)c1cccnc1)C(=O)O. The highest BCUT2D eigenvalue weighted by molar-refractivity contribution is 7.89. The molecule has 8 nitrogen and oxygen atoms in total. The second-order valence-corrected chi connectivity index (χ2v) is 6.35. The van der Waals surface area contributed by atoms with Crippen molar-refractivity contribution in [1.82, 2.24) is 15.0 Å². The molecule has 0 fully saturated rings. The molecule has 122 valence electrons. The fourth-order valence-electron chi connectivity index (χ4n) is 1.70. The van der Waals surface area contributed by atoms with Crippen LogP contribution in [0.5, 0.6) is 0 Å². The second kappa shape index (κ2) is 8.44. The lowest BCUT2D eigenvalue weighted by atomic mass is 10.1. The van der Waals surface area contributed by atoms with E-state index in [4.69, 9.17) is 5.11 Å². The molecule has 0 spiro atoms. The molecule has 0 aliphatic rings. The molecule has 1 unspecified atom stereocenters. The first-order valence-corrected chi connectivity index (χ1v) is 8.27. The van der Waals surface area contributed by atoms with Gasteiger partial charge >= 0.3 is 5.97 Å². The molecule has 0 aliphatic heterocycles. The van der Waals surface area contributed by atoms with Gasteiger partial charge in [0.15, 0.2) is 0 Å². The van der Waals surface area contributed by atoms with Gasteiger partial charge in [0, 0.05) is 25.4 Å². The molecule has 3 N–H and O–H groups in total. The van der Waals surface area contributed by atoms with E-state index in [9.17, 15) is 18.0 Å². The third-order valence-corrected chi connectivity index (χ3v) is 4.25. The minimum absolute atomic E-state index is 0.00445. The van der Waals surface area contributed by atoms with Crippen LogP contribution in [0.3, 0.4) is 0 Å². The fourth-order valence-corrected chi connectivity index (χ4v) is 2.70. The highest BCUT2D eigenvalue weighted by Gasteiger charge is 2.19. The van der Waals surface area contributed by atoms with Gasteiger partial charge in [0.25, 0.3) is 0 Å². The Labute approximate surface area is 129 Å². The molecule has 9 heteroatoms. The second-order valence-electron chi connectivity index (χ2n) is 4.58. The topological polar surface area (TPSA) is 125 Å². The third kappa shape index (κ3) is 5.78. The molecule has 0 bridgehead atoms. The largest absolute Gasteiger partial charge is 0.480 e. The summed E-state index contributed by atoms with van der Waals surface area (Å²) in [6, 6.07) is 1.92. The first-order valence-electron chi connectivity index (χ1n) is 6.78. The van der Waals surface area contributed by atoms with E-state index in [-0.39, 0.29) is 17.9 Å². The predicted octanol–water partition coefficient (Wildman–Crippen LogP) is 0.120. The van der Waals surface area contributed by atoms with Crippen molar-refractivity contribution in [2.24, 2.45) is 0 Å². The highest BCUT2D eigenvalue weighted by Crippen LogP contribution is 2.05. The van der Waals surface area contributed by atoms with Gasteiger partial charge in [-0.15, -0.1) is 0 Å². The van der Waals surface area contributed by atoms with E-state index in [0.29, 0.717) is 12.8 Å². The Morgan fingerprint density at radius 1 is 1.41 bits per heavy atom. The average molecular weight is 329 g/mol. The number of nitrogens with zero attached hydrogens (tertiary/aromatic N) is 1. The number of aromatic nitrogens is 1. The van der Waals surface area contributed by atoms with E-state index >= 15 is 0 Å². The summed E-state index contributed by atoms with van der Waals surface area (Å²) in [5.74, 6) is -1.62.